The molecule has 84 valence electrons. The second-order valence-electron chi connectivity index (χ2n) is 4.62. The van der Waals surface area contributed by atoms with E-state index in [1.807, 2.05) is 20.8 Å². The average Bonchev–Trinajstić information content (AvgIpc) is 2.20. The lowest BCUT2D eigenvalue weighted by atomic mass is 9.82. The molecule has 0 aliphatic heterocycles. The van der Waals surface area contributed by atoms with Crippen molar-refractivity contribution >= 4 is 0 Å². The van der Waals surface area contributed by atoms with Crippen molar-refractivity contribution in [1.29, 1.82) is 0 Å². The summed E-state index contributed by atoms with van der Waals surface area (Å²) in [7, 11) is 0. The van der Waals surface area contributed by atoms with Crippen LogP contribution in [0, 0.1) is 18.2 Å². The zero-order chi connectivity index (χ0) is 11.6. The third-order valence-electron chi connectivity index (χ3n) is 2.71. The van der Waals surface area contributed by atoms with Crippen LogP contribution >= 0.6 is 0 Å². The molecular formula is C12H18FNO. The van der Waals surface area contributed by atoms with Crippen LogP contribution in [0.4, 0.5) is 4.39 Å². The molecule has 1 aromatic carbocycles. The van der Waals surface area contributed by atoms with Crippen molar-refractivity contribution in [2.24, 2.45) is 11.1 Å². The number of aliphatic hydroxyl groups is 1. The molecule has 1 unspecified atom stereocenters. The van der Waals surface area contributed by atoms with E-state index < -0.39 is 11.5 Å². The first-order chi connectivity index (χ1) is 6.88. The molecular weight excluding hydrogens is 193 g/mol. The van der Waals surface area contributed by atoms with Crippen LogP contribution in [0.2, 0.25) is 0 Å². The van der Waals surface area contributed by atoms with Gasteiger partial charge in [-0.1, -0.05) is 31.5 Å². The molecule has 3 heteroatoms. The highest BCUT2D eigenvalue weighted by Gasteiger charge is 2.29. The number of rotatable bonds is 3. The molecule has 0 saturated heterocycles. The maximum Gasteiger partial charge on any atom is 0.129 e. The fourth-order valence-electron chi connectivity index (χ4n) is 1.41. The van der Waals surface area contributed by atoms with Crippen LogP contribution in [-0.4, -0.2) is 11.7 Å². The molecule has 1 atom stereocenters. The molecule has 0 saturated carbocycles. The fourth-order valence-corrected chi connectivity index (χ4v) is 1.41. The number of benzene rings is 1. The van der Waals surface area contributed by atoms with Crippen LogP contribution in [0.1, 0.15) is 31.1 Å². The van der Waals surface area contributed by atoms with Gasteiger partial charge in [0.05, 0.1) is 6.10 Å². The van der Waals surface area contributed by atoms with Crippen molar-refractivity contribution < 1.29 is 9.50 Å². The van der Waals surface area contributed by atoms with Gasteiger partial charge in [0.1, 0.15) is 5.82 Å². The van der Waals surface area contributed by atoms with Gasteiger partial charge in [-0.05, 0) is 13.0 Å². The summed E-state index contributed by atoms with van der Waals surface area (Å²) in [5.41, 5.74) is 6.28. The minimum Gasteiger partial charge on any atom is -0.388 e. The maximum absolute atomic E-state index is 13.5. The van der Waals surface area contributed by atoms with Gasteiger partial charge in [0, 0.05) is 17.5 Å². The molecule has 0 aliphatic carbocycles. The quantitative estimate of drug-likeness (QED) is 0.804. The molecule has 15 heavy (non-hydrogen) atoms. The van der Waals surface area contributed by atoms with E-state index in [-0.39, 0.29) is 5.82 Å². The second kappa shape index (κ2) is 4.29. The van der Waals surface area contributed by atoms with Gasteiger partial charge < -0.3 is 10.8 Å². The van der Waals surface area contributed by atoms with Gasteiger partial charge in [-0.15, -0.1) is 0 Å². The number of hydrogen-bond acceptors (Lipinski definition) is 2. The number of nitrogens with two attached hydrogens (primary N) is 1. The molecule has 0 aromatic heterocycles. The van der Waals surface area contributed by atoms with Crippen LogP contribution in [0.3, 0.4) is 0 Å². The zero-order valence-electron chi connectivity index (χ0n) is 9.42. The largest absolute Gasteiger partial charge is 0.388 e. The Hall–Kier alpha value is -0.930. The number of aliphatic hydroxyl groups excluding tert-OH is 1. The molecule has 2 nitrogen and oxygen atoms in total. The molecule has 0 heterocycles. The minimum absolute atomic E-state index is 0.307. The average molecular weight is 211 g/mol. The van der Waals surface area contributed by atoms with Crippen molar-refractivity contribution in [3.63, 3.8) is 0 Å². The SMILES string of the molecule is Cc1ccc(F)c(C(O)C(C)(C)CN)c1. The number of aryl methyl sites for hydroxylation is 1. The summed E-state index contributed by atoms with van der Waals surface area (Å²) in [5, 5.41) is 10.0. The van der Waals surface area contributed by atoms with Crippen molar-refractivity contribution in [3.8, 4) is 0 Å². The third kappa shape index (κ3) is 2.55. The fraction of sp³-hybridized carbons (Fsp3) is 0.500. The van der Waals surface area contributed by atoms with Crippen LogP contribution in [0.15, 0.2) is 18.2 Å². The Morgan fingerprint density at radius 2 is 2.07 bits per heavy atom. The Morgan fingerprint density at radius 1 is 1.47 bits per heavy atom. The number of halogens is 1. The van der Waals surface area contributed by atoms with Crippen LogP contribution in [0.5, 0.6) is 0 Å². The van der Waals surface area contributed by atoms with Gasteiger partial charge in [0.2, 0.25) is 0 Å². The highest BCUT2D eigenvalue weighted by molar-refractivity contribution is 5.27. The summed E-state index contributed by atoms with van der Waals surface area (Å²) in [5.74, 6) is -0.380. The van der Waals surface area contributed by atoms with E-state index >= 15 is 0 Å². The molecule has 0 amide bonds. The van der Waals surface area contributed by atoms with Gasteiger partial charge in [-0.2, -0.15) is 0 Å². The highest BCUT2D eigenvalue weighted by Crippen LogP contribution is 2.33. The van der Waals surface area contributed by atoms with Crippen LogP contribution in [0.25, 0.3) is 0 Å². The van der Waals surface area contributed by atoms with Crippen LogP contribution < -0.4 is 5.73 Å². The first kappa shape index (κ1) is 12.1. The van der Waals surface area contributed by atoms with E-state index in [2.05, 4.69) is 0 Å². The Labute approximate surface area is 89.9 Å². The lowest BCUT2D eigenvalue weighted by Crippen LogP contribution is -2.31. The van der Waals surface area contributed by atoms with Gasteiger partial charge in [0.25, 0.3) is 0 Å². The summed E-state index contributed by atoms with van der Waals surface area (Å²) in [6.07, 6.45) is -0.873. The molecule has 3 N–H and O–H groups in total. The summed E-state index contributed by atoms with van der Waals surface area (Å²) in [4.78, 5) is 0. The lowest BCUT2D eigenvalue weighted by Gasteiger charge is -2.29. The zero-order valence-corrected chi connectivity index (χ0v) is 9.42. The topological polar surface area (TPSA) is 46.2 Å². The van der Waals surface area contributed by atoms with E-state index in [1.165, 1.54) is 6.07 Å². The Morgan fingerprint density at radius 3 is 2.60 bits per heavy atom. The normalized spacial score (nSPS) is 14.0. The summed E-state index contributed by atoms with van der Waals surface area (Å²) >= 11 is 0. The minimum atomic E-state index is -0.873. The maximum atomic E-state index is 13.5. The van der Waals surface area contributed by atoms with E-state index in [0.717, 1.165) is 5.56 Å². The van der Waals surface area contributed by atoms with Crippen LogP contribution in [-0.2, 0) is 0 Å². The van der Waals surface area contributed by atoms with Gasteiger partial charge in [-0.3, -0.25) is 0 Å². The lowest BCUT2D eigenvalue weighted by molar-refractivity contribution is 0.0524. The molecule has 1 aromatic rings. The van der Waals surface area contributed by atoms with Crippen molar-refractivity contribution in [2.45, 2.75) is 26.9 Å². The summed E-state index contributed by atoms with van der Waals surface area (Å²) < 4.78 is 13.5. The molecule has 0 spiro atoms. The summed E-state index contributed by atoms with van der Waals surface area (Å²) in [6.45, 7) is 5.81. The molecule has 0 fully saturated rings. The van der Waals surface area contributed by atoms with E-state index in [0.29, 0.717) is 12.1 Å². The Balaban J connectivity index is 3.10. The predicted molar refractivity (Wildman–Crippen MR) is 58.9 cm³/mol. The first-order valence-electron chi connectivity index (χ1n) is 5.02. The van der Waals surface area contributed by atoms with E-state index in [1.54, 1.807) is 12.1 Å². The highest BCUT2D eigenvalue weighted by atomic mass is 19.1. The third-order valence-corrected chi connectivity index (χ3v) is 2.71. The smallest absolute Gasteiger partial charge is 0.129 e. The monoisotopic (exact) mass is 211 g/mol. The summed E-state index contributed by atoms with van der Waals surface area (Å²) in [6, 6.07) is 4.72. The molecule has 0 bridgehead atoms. The van der Waals surface area contributed by atoms with Gasteiger partial charge in [0.15, 0.2) is 0 Å². The molecule has 0 aliphatic rings. The van der Waals surface area contributed by atoms with E-state index in [4.69, 9.17) is 5.73 Å². The first-order valence-corrected chi connectivity index (χ1v) is 5.02. The Bertz CT molecular complexity index is 349. The number of hydrogen-bond donors (Lipinski definition) is 2. The predicted octanol–water partition coefficient (Wildman–Crippen LogP) is 2.15. The van der Waals surface area contributed by atoms with Gasteiger partial charge >= 0.3 is 0 Å². The van der Waals surface area contributed by atoms with Crippen molar-refractivity contribution in [2.75, 3.05) is 6.54 Å². The van der Waals surface area contributed by atoms with Gasteiger partial charge in [-0.25, -0.2) is 4.39 Å². The van der Waals surface area contributed by atoms with Crippen molar-refractivity contribution in [1.82, 2.24) is 0 Å². The second-order valence-corrected chi connectivity index (χ2v) is 4.62. The molecule has 0 radical (unpaired) electrons. The van der Waals surface area contributed by atoms with E-state index in [9.17, 15) is 9.50 Å². The van der Waals surface area contributed by atoms with Crippen molar-refractivity contribution in [3.05, 3.63) is 35.1 Å². The molecule has 1 rings (SSSR count). The standard InChI is InChI=1S/C12H18FNO/c1-8-4-5-10(13)9(6-8)11(15)12(2,3)7-14/h4-6,11,15H,7,14H2,1-3H3. The Kier molecular flexibility index (Phi) is 3.47.